The predicted molar refractivity (Wildman–Crippen MR) is 66.5 cm³/mol. The minimum atomic E-state index is 0.446. The summed E-state index contributed by atoms with van der Waals surface area (Å²) in [6.07, 6.45) is 2.13. The van der Waals surface area contributed by atoms with E-state index >= 15 is 0 Å². The minimum Gasteiger partial charge on any atom is -0.356 e. The molecule has 1 aromatic rings. The van der Waals surface area contributed by atoms with Gasteiger partial charge in [-0.1, -0.05) is 13.8 Å². The largest absolute Gasteiger partial charge is 0.356 e. The summed E-state index contributed by atoms with van der Waals surface area (Å²) >= 11 is 0. The molecule has 0 bridgehead atoms. The van der Waals surface area contributed by atoms with Crippen LogP contribution in [-0.2, 0) is 0 Å². The molecule has 1 heterocycles. The van der Waals surface area contributed by atoms with Crippen molar-refractivity contribution in [2.45, 2.75) is 39.7 Å². The third kappa shape index (κ3) is 2.52. The number of aromatic nitrogens is 1. The molecule has 0 amide bonds. The second-order valence-electron chi connectivity index (χ2n) is 4.02. The van der Waals surface area contributed by atoms with Crippen molar-refractivity contribution in [3.05, 3.63) is 23.4 Å². The lowest BCUT2D eigenvalue weighted by Gasteiger charge is -2.28. The van der Waals surface area contributed by atoms with Crippen LogP contribution in [0.5, 0.6) is 0 Å². The molecule has 3 nitrogen and oxygen atoms in total. The Balaban J connectivity index is 3.11. The van der Waals surface area contributed by atoms with Gasteiger partial charge in [0.1, 0.15) is 11.9 Å². The van der Waals surface area contributed by atoms with Crippen LogP contribution < -0.4 is 4.90 Å². The van der Waals surface area contributed by atoms with Crippen LogP contribution >= 0.6 is 0 Å². The number of nitrogens with zero attached hydrogens (tertiary/aromatic N) is 3. The van der Waals surface area contributed by atoms with Crippen molar-refractivity contribution >= 4 is 5.82 Å². The van der Waals surface area contributed by atoms with Crippen LogP contribution in [0, 0.1) is 18.3 Å². The molecule has 0 saturated heterocycles. The van der Waals surface area contributed by atoms with Gasteiger partial charge in [0.2, 0.25) is 0 Å². The van der Waals surface area contributed by atoms with Gasteiger partial charge in [-0.3, -0.25) is 0 Å². The fraction of sp³-hybridized carbons (Fsp3) is 0.538. The highest BCUT2D eigenvalue weighted by Crippen LogP contribution is 2.20. The van der Waals surface area contributed by atoms with Gasteiger partial charge in [-0.15, -0.1) is 0 Å². The number of pyridine rings is 1. The Morgan fingerprint density at radius 1 is 1.38 bits per heavy atom. The molecule has 1 rings (SSSR count). The number of hydrogen-bond donors (Lipinski definition) is 0. The molecule has 0 N–H and O–H groups in total. The van der Waals surface area contributed by atoms with Crippen LogP contribution in [0.1, 0.15) is 37.9 Å². The van der Waals surface area contributed by atoms with Gasteiger partial charge in [0.15, 0.2) is 0 Å². The lowest BCUT2D eigenvalue weighted by molar-refractivity contribution is 0.586. The fourth-order valence-electron chi connectivity index (χ4n) is 1.91. The molecule has 0 aliphatic heterocycles. The average Bonchev–Trinajstić information content (AvgIpc) is 2.30. The minimum absolute atomic E-state index is 0.446. The maximum absolute atomic E-state index is 9.07. The smallest absolute Gasteiger partial charge is 0.146 e. The standard InChI is InChI=1S/C13H19N3/c1-5-12(6-2)16(4)13-11(9-14)8-7-10(3)15-13/h7-8,12H,5-6H2,1-4H3. The molecule has 0 saturated carbocycles. The molecule has 3 heteroatoms. The summed E-state index contributed by atoms with van der Waals surface area (Å²) in [7, 11) is 2.01. The molecule has 0 unspecified atom stereocenters. The quantitative estimate of drug-likeness (QED) is 0.778. The normalized spacial score (nSPS) is 10.2. The molecule has 0 spiro atoms. The van der Waals surface area contributed by atoms with E-state index < -0.39 is 0 Å². The second kappa shape index (κ2) is 5.50. The molecule has 0 radical (unpaired) electrons. The molecule has 0 aliphatic rings. The Hall–Kier alpha value is -1.56. The van der Waals surface area contributed by atoms with E-state index in [9.17, 15) is 0 Å². The third-order valence-corrected chi connectivity index (χ3v) is 2.96. The van der Waals surface area contributed by atoms with E-state index in [-0.39, 0.29) is 0 Å². The summed E-state index contributed by atoms with van der Waals surface area (Å²) < 4.78 is 0. The van der Waals surface area contributed by atoms with Crippen LogP contribution in [0.3, 0.4) is 0 Å². The molecule has 0 aliphatic carbocycles. The lowest BCUT2D eigenvalue weighted by atomic mass is 10.1. The zero-order valence-corrected chi connectivity index (χ0v) is 10.5. The van der Waals surface area contributed by atoms with E-state index in [1.165, 1.54) is 0 Å². The van der Waals surface area contributed by atoms with E-state index in [1.54, 1.807) is 0 Å². The van der Waals surface area contributed by atoms with Gasteiger partial charge >= 0.3 is 0 Å². The van der Waals surface area contributed by atoms with E-state index in [4.69, 9.17) is 5.26 Å². The van der Waals surface area contributed by atoms with Crippen molar-refractivity contribution in [3.8, 4) is 6.07 Å². The summed E-state index contributed by atoms with van der Waals surface area (Å²) in [5, 5.41) is 9.07. The molecular formula is C13H19N3. The summed E-state index contributed by atoms with van der Waals surface area (Å²) in [6, 6.07) is 6.37. The van der Waals surface area contributed by atoms with Gasteiger partial charge in [0, 0.05) is 18.8 Å². The summed E-state index contributed by atoms with van der Waals surface area (Å²) in [5.41, 5.74) is 1.60. The molecule has 16 heavy (non-hydrogen) atoms. The lowest BCUT2D eigenvalue weighted by Crippen LogP contribution is -2.31. The molecule has 0 aromatic carbocycles. The van der Waals surface area contributed by atoms with Crippen LogP contribution in [0.4, 0.5) is 5.82 Å². The van der Waals surface area contributed by atoms with Crippen molar-refractivity contribution in [2.24, 2.45) is 0 Å². The van der Waals surface area contributed by atoms with Crippen LogP contribution in [0.25, 0.3) is 0 Å². The van der Waals surface area contributed by atoms with E-state index in [0.717, 1.165) is 24.4 Å². The zero-order chi connectivity index (χ0) is 12.1. The highest BCUT2D eigenvalue weighted by molar-refractivity contribution is 5.54. The number of aryl methyl sites for hydroxylation is 1. The van der Waals surface area contributed by atoms with Crippen molar-refractivity contribution in [1.82, 2.24) is 4.98 Å². The van der Waals surface area contributed by atoms with Gasteiger partial charge in [0.05, 0.1) is 5.56 Å². The molecule has 86 valence electrons. The topological polar surface area (TPSA) is 39.9 Å². The maximum atomic E-state index is 9.07. The monoisotopic (exact) mass is 217 g/mol. The maximum Gasteiger partial charge on any atom is 0.146 e. The van der Waals surface area contributed by atoms with Gasteiger partial charge in [-0.2, -0.15) is 5.26 Å². The first-order valence-corrected chi connectivity index (χ1v) is 5.74. The van der Waals surface area contributed by atoms with Crippen molar-refractivity contribution in [2.75, 3.05) is 11.9 Å². The van der Waals surface area contributed by atoms with E-state index in [0.29, 0.717) is 11.6 Å². The van der Waals surface area contributed by atoms with Crippen LogP contribution in [0.2, 0.25) is 0 Å². The number of nitriles is 1. The SMILES string of the molecule is CCC(CC)N(C)c1nc(C)ccc1C#N. The average molecular weight is 217 g/mol. The third-order valence-electron chi connectivity index (χ3n) is 2.96. The summed E-state index contributed by atoms with van der Waals surface area (Å²) in [4.78, 5) is 6.58. The Kier molecular flexibility index (Phi) is 4.30. The molecular weight excluding hydrogens is 198 g/mol. The van der Waals surface area contributed by atoms with Crippen molar-refractivity contribution < 1.29 is 0 Å². The number of hydrogen-bond acceptors (Lipinski definition) is 3. The molecule has 0 atom stereocenters. The first-order chi connectivity index (χ1) is 7.63. The fourth-order valence-corrected chi connectivity index (χ4v) is 1.91. The van der Waals surface area contributed by atoms with Gasteiger partial charge in [-0.25, -0.2) is 4.98 Å². The van der Waals surface area contributed by atoms with Gasteiger partial charge < -0.3 is 4.90 Å². The van der Waals surface area contributed by atoms with Crippen molar-refractivity contribution in [3.63, 3.8) is 0 Å². The Morgan fingerprint density at radius 3 is 2.50 bits per heavy atom. The van der Waals surface area contributed by atoms with Gasteiger partial charge in [-0.05, 0) is 31.9 Å². The highest BCUT2D eigenvalue weighted by atomic mass is 15.2. The zero-order valence-electron chi connectivity index (χ0n) is 10.5. The number of rotatable bonds is 4. The highest BCUT2D eigenvalue weighted by Gasteiger charge is 2.15. The first-order valence-electron chi connectivity index (χ1n) is 5.74. The molecule has 1 aromatic heterocycles. The van der Waals surface area contributed by atoms with Gasteiger partial charge in [0.25, 0.3) is 0 Å². The first kappa shape index (κ1) is 12.5. The molecule has 0 fully saturated rings. The Bertz CT molecular complexity index is 389. The number of anilines is 1. The van der Waals surface area contributed by atoms with Crippen LogP contribution in [-0.4, -0.2) is 18.1 Å². The second-order valence-corrected chi connectivity index (χ2v) is 4.02. The predicted octanol–water partition coefficient (Wildman–Crippen LogP) is 2.89. The Labute approximate surface area is 97.7 Å². The van der Waals surface area contributed by atoms with Crippen molar-refractivity contribution in [1.29, 1.82) is 5.26 Å². The van der Waals surface area contributed by atoms with Crippen LogP contribution in [0.15, 0.2) is 12.1 Å². The van der Waals surface area contributed by atoms with E-state index in [1.807, 2.05) is 26.1 Å². The van der Waals surface area contributed by atoms with E-state index in [2.05, 4.69) is 29.8 Å². The Morgan fingerprint density at radius 2 is 2.00 bits per heavy atom. The summed E-state index contributed by atoms with van der Waals surface area (Å²) in [6.45, 7) is 6.27. The summed E-state index contributed by atoms with van der Waals surface area (Å²) in [5.74, 6) is 0.802.